The van der Waals surface area contributed by atoms with Crippen LogP contribution in [0.1, 0.15) is 25.7 Å². The molecule has 0 N–H and O–H groups in total. The number of halogens is 1. The molecule has 0 spiro atoms. The Kier molecular flexibility index (Phi) is 29.1. The summed E-state index contributed by atoms with van der Waals surface area (Å²) in [5.74, 6) is 0. The second-order valence-electron chi connectivity index (χ2n) is 1.47. The molecule has 0 unspecified atom stereocenters. The van der Waals surface area contributed by atoms with Crippen molar-refractivity contribution in [3.63, 3.8) is 0 Å². The van der Waals surface area contributed by atoms with Crippen LogP contribution in [-0.2, 0) is 19.5 Å². The summed E-state index contributed by atoms with van der Waals surface area (Å²) in [5, 5.41) is 8.02. The van der Waals surface area contributed by atoms with Crippen molar-refractivity contribution in [3.8, 4) is 6.07 Å². The van der Waals surface area contributed by atoms with Gasteiger partial charge in [-0.2, -0.15) is 5.26 Å². The molecule has 49 valence electrons. The van der Waals surface area contributed by atoms with E-state index < -0.39 is 0 Å². The fourth-order valence-corrected chi connectivity index (χ4v) is 0.381. The first-order valence-electron chi connectivity index (χ1n) is 2.58. The third-order valence-electron chi connectivity index (χ3n) is 0.789. The third-order valence-corrected chi connectivity index (χ3v) is 0.789. The van der Waals surface area contributed by atoms with Crippen molar-refractivity contribution in [2.24, 2.45) is 0 Å². The van der Waals surface area contributed by atoms with Crippen LogP contribution in [-0.4, -0.2) is 0 Å². The minimum Gasteiger partial charge on any atom is -1.00 e. The van der Waals surface area contributed by atoms with E-state index in [4.69, 9.17) is 5.26 Å². The standard InChI is InChI=1S/C6H10N.HI.Zn/c1-2-3-4-5-6-7;;/h1-5H2;1H;/p-1. The van der Waals surface area contributed by atoms with E-state index in [1.165, 1.54) is 0 Å². The van der Waals surface area contributed by atoms with E-state index in [9.17, 15) is 0 Å². The Morgan fingerprint density at radius 3 is 2.22 bits per heavy atom. The van der Waals surface area contributed by atoms with E-state index in [0.29, 0.717) is 6.42 Å². The van der Waals surface area contributed by atoms with Gasteiger partial charge in [-0.15, -0.1) is 0 Å². The van der Waals surface area contributed by atoms with Gasteiger partial charge in [0.2, 0.25) is 0 Å². The monoisotopic (exact) mass is 287 g/mol. The van der Waals surface area contributed by atoms with Crippen LogP contribution in [0.4, 0.5) is 0 Å². The fraction of sp³-hybridized carbons (Fsp3) is 0.667. The van der Waals surface area contributed by atoms with E-state index in [2.05, 4.69) is 13.0 Å². The van der Waals surface area contributed by atoms with Gasteiger partial charge in [0, 0.05) is 25.9 Å². The predicted octanol–water partition coefficient (Wildman–Crippen LogP) is -1.09. The fourth-order valence-electron chi connectivity index (χ4n) is 0.381. The first-order valence-corrected chi connectivity index (χ1v) is 2.58. The Bertz CT molecular complexity index is 69.9. The van der Waals surface area contributed by atoms with Gasteiger partial charge in [-0.1, -0.05) is 19.8 Å². The number of nitriles is 1. The summed E-state index contributed by atoms with van der Waals surface area (Å²) in [5.41, 5.74) is 0. The quantitative estimate of drug-likeness (QED) is 0.368. The van der Waals surface area contributed by atoms with Crippen LogP contribution >= 0.6 is 0 Å². The molecule has 0 amide bonds. The second kappa shape index (κ2) is 15.9. The van der Waals surface area contributed by atoms with Crippen LogP contribution < -0.4 is 24.0 Å². The molecular formula is C6H10INZn-. The molecule has 0 bridgehead atoms. The molecule has 0 rings (SSSR count). The molecule has 0 heterocycles. The maximum atomic E-state index is 8.02. The molecule has 0 saturated heterocycles. The van der Waals surface area contributed by atoms with Gasteiger partial charge in [0.1, 0.15) is 0 Å². The van der Waals surface area contributed by atoms with Crippen LogP contribution in [0.3, 0.4) is 0 Å². The van der Waals surface area contributed by atoms with Gasteiger partial charge in [0.25, 0.3) is 0 Å². The molecule has 0 aliphatic heterocycles. The molecule has 0 aliphatic rings. The van der Waals surface area contributed by atoms with Gasteiger partial charge in [0.15, 0.2) is 0 Å². The molecular weight excluding hydrogens is 278 g/mol. The number of hydrogen-bond acceptors (Lipinski definition) is 1. The summed E-state index contributed by atoms with van der Waals surface area (Å²) >= 11 is 0. The van der Waals surface area contributed by atoms with Gasteiger partial charge in [0.05, 0.1) is 6.07 Å². The Hall–Kier alpha value is 0.843. The van der Waals surface area contributed by atoms with E-state index in [1.807, 2.05) is 0 Å². The van der Waals surface area contributed by atoms with Crippen molar-refractivity contribution in [2.45, 2.75) is 25.7 Å². The average molecular weight is 288 g/mol. The van der Waals surface area contributed by atoms with Gasteiger partial charge >= 0.3 is 0 Å². The number of unbranched alkanes of at least 4 members (excludes halogenated alkanes) is 3. The van der Waals surface area contributed by atoms with Crippen LogP contribution in [0.2, 0.25) is 0 Å². The maximum Gasteiger partial charge on any atom is 0.0621 e. The molecule has 1 radical (unpaired) electrons. The van der Waals surface area contributed by atoms with Crippen LogP contribution in [0.5, 0.6) is 0 Å². The Balaban J connectivity index is -0.000000180. The summed E-state index contributed by atoms with van der Waals surface area (Å²) in [6, 6.07) is 2.07. The van der Waals surface area contributed by atoms with Gasteiger partial charge in [-0.25, -0.2) is 0 Å². The normalized spacial score (nSPS) is 6.22. The number of hydrogen-bond donors (Lipinski definition) is 0. The van der Waals surface area contributed by atoms with Gasteiger partial charge < -0.3 is 24.0 Å². The first-order chi connectivity index (χ1) is 3.41. The van der Waals surface area contributed by atoms with Crippen molar-refractivity contribution in [1.82, 2.24) is 0 Å². The zero-order chi connectivity index (χ0) is 5.54. The van der Waals surface area contributed by atoms with E-state index >= 15 is 0 Å². The zero-order valence-electron chi connectivity index (χ0n) is 5.57. The Labute approximate surface area is 87.0 Å². The molecule has 0 aromatic carbocycles. The molecule has 0 fully saturated rings. The zero-order valence-corrected chi connectivity index (χ0v) is 10.7. The van der Waals surface area contributed by atoms with Gasteiger partial charge in [-0.3, -0.25) is 0 Å². The second-order valence-corrected chi connectivity index (χ2v) is 1.47. The van der Waals surface area contributed by atoms with E-state index in [0.717, 1.165) is 19.3 Å². The van der Waals surface area contributed by atoms with Crippen molar-refractivity contribution in [1.29, 1.82) is 5.26 Å². The summed E-state index contributed by atoms with van der Waals surface area (Å²) in [7, 11) is 0. The van der Waals surface area contributed by atoms with Crippen molar-refractivity contribution in [3.05, 3.63) is 6.92 Å². The number of rotatable bonds is 3. The first kappa shape index (κ1) is 16.4. The van der Waals surface area contributed by atoms with Crippen LogP contribution in [0.15, 0.2) is 0 Å². The Morgan fingerprint density at radius 1 is 1.33 bits per heavy atom. The average Bonchev–Trinajstić information content (AvgIpc) is 1.69. The Morgan fingerprint density at radius 2 is 1.89 bits per heavy atom. The molecule has 0 saturated carbocycles. The molecule has 0 aliphatic carbocycles. The molecule has 1 nitrogen and oxygen atoms in total. The van der Waals surface area contributed by atoms with Crippen LogP contribution in [0, 0.1) is 18.3 Å². The molecule has 3 heteroatoms. The van der Waals surface area contributed by atoms with Crippen molar-refractivity contribution < 1.29 is 43.5 Å². The maximum absolute atomic E-state index is 8.02. The summed E-state index contributed by atoms with van der Waals surface area (Å²) in [4.78, 5) is 0. The van der Waals surface area contributed by atoms with Crippen molar-refractivity contribution >= 4 is 0 Å². The molecule has 9 heavy (non-hydrogen) atoms. The van der Waals surface area contributed by atoms with E-state index in [1.54, 1.807) is 0 Å². The summed E-state index contributed by atoms with van der Waals surface area (Å²) in [6.07, 6.45) is 3.75. The molecule has 0 aromatic heterocycles. The minimum atomic E-state index is 0. The largest absolute Gasteiger partial charge is 1.00 e. The number of nitrogens with zero attached hydrogens (tertiary/aromatic N) is 1. The topological polar surface area (TPSA) is 23.8 Å². The minimum absolute atomic E-state index is 0. The molecule has 0 atom stereocenters. The van der Waals surface area contributed by atoms with Crippen LogP contribution in [0.25, 0.3) is 0 Å². The summed E-state index contributed by atoms with van der Waals surface area (Å²) < 4.78 is 0. The smallest absolute Gasteiger partial charge is 0.0621 e. The predicted molar refractivity (Wildman–Crippen MR) is 29.4 cm³/mol. The van der Waals surface area contributed by atoms with Gasteiger partial charge in [-0.05, 0) is 6.42 Å². The third kappa shape index (κ3) is 17.7. The van der Waals surface area contributed by atoms with Crippen molar-refractivity contribution in [2.75, 3.05) is 0 Å². The molecule has 0 aromatic rings. The summed E-state index contributed by atoms with van der Waals surface area (Å²) in [6.45, 7) is 3.65. The SMILES string of the molecule is [CH2]CCCCC#N.[I-].[Zn]. The van der Waals surface area contributed by atoms with E-state index in [-0.39, 0.29) is 43.5 Å².